The van der Waals surface area contributed by atoms with Crippen LogP contribution in [-0.2, 0) is 43.5 Å². The van der Waals surface area contributed by atoms with Crippen molar-refractivity contribution in [3.05, 3.63) is 87.1 Å². The van der Waals surface area contributed by atoms with Crippen molar-refractivity contribution in [3.8, 4) is 0 Å². The summed E-state index contributed by atoms with van der Waals surface area (Å²) in [6.45, 7) is 5.42. The van der Waals surface area contributed by atoms with Crippen molar-refractivity contribution < 1.29 is 43.0 Å². The van der Waals surface area contributed by atoms with E-state index in [1.165, 1.54) is 0 Å². The summed E-state index contributed by atoms with van der Waals surface area (Å²) < 4.78 is 16.6. The first-order chi connectivity index (χ1) is 24.8. The fourth-order valence-electron chi connectivity index (χ4n) is 5.68. The zero-order chi connectivity index (χ0) is 37.9. The van der Waals surface area contributed by atoms with Crippen LogP contribution >= 0.6 is 0 Å². The van der Waals surface area contributed by atoms with Crippen molar-refractivity contribution in [2.45, 2.75) is 65.3 Å². The first-order valence-corrected chi connectivity index (χ1v) is 16.7. The summed E-state index contributed by atoms with van der Waals surface area (Å²) in [4.78, 5) is 74.1. The Hall–Kier alpha value is -5.96. The summed E-state index contributed by atoms with van der Waals surface area (Å²) in [5.74, 6) is -1.86. The van der Waals surface area contributed by atoms with E-state index in [0.717, 1.165) is 0 Å². The molecule has 1 aromatic heterocycles. The normalized spacial score (nSPS) is 12.2. The summed E-state index contributed by atoms with van der Waals surface area (Å²) in [6.07, 6.45) is -0.612. The standard InChI is InChI=1S/C37H43N5O10/c1-20(2)30(39-4)35(47)42-28(9-6-16-40-36(38)48)34(46)41-25-13-10-22(11-14-25)18-50-37(49)51-19-24-12-15-27-31(45)26-8-5-7-23(17-29(43)44)33(26)52-32(27)21(24)3/h5,7-8,10-15,20,28,30,39H,6,9,16-19H2,1-4H3,(H,41,46)(H,42,47)(H,43,44)(H3,38,40,48)/t28-,30-/m0/s1. The molecular formula is C37H43N5O10. The number of ether oxygens (including phenoxy) is 2. The third-order valence-corrected chi connectivity index (χ3v) is 8.44. The predicted molar refractivity (Wildman–Crippen MR) is 193 cm³/mol. The van der Waals surface area contributed by atoms with E-state index in [2.05, 4.69) is 21.3 Å². The third-order valence-electron chi connectivity index (χ3n) is 8.44. The Morgan fingerprint density at radius 2 is 1.58 bits per heavy atom. The highest BCUT2D eigenvalue weighted by Crippen LogP contribution is 2.27. The second-order valence-electron chi connectivity index (χ2n) is 12.5. The lowest BCUT2D eigenvalue weighted by Gasteiger charge is -2.24. The number of para-hydroxylation sites is 1. The largest absolute Gasteiger partial charge is 0.508 e. The molecule has 0 aliphatic heterocycles. The van der Waals surface area contributed by atoms with Crippen molar-refractivity contribution >= 4 is 57.6 Å². The molecule has 4 aromatic rings. The van der Waals surface area contributed by atoms with E-state index in [4.69, 9.17) is 19.6 Å². The summed E-state index contributed by atoms with van der Waals surface area (Å²) >= 11 is 0. The van der Waals surface area contributed by atoms with Crippen LogP contribution in [-0.4, -0.2) is 60.8 Å². The number of aryl methyl sites for hydroxylation is 1. The number of nitrogens with two attached hydrogens (primary N) is 1. The number of primary amides is 1. The maximum absolute atomic E-state index is 13.2. The van der Waals surface area contributed by atoms with Gasteiger partial charge in [0.15, 0.2) is 0 Å². The number of carbonyl (C=O) groups excluding carboxylic acids is 4. The molecule has 7 N–H and O–H groups in total. The first-order valence-electron chi connectivity index (χ1n) is 16.7. The van der Waals surface area contributed by atoms with Crippen LogP contribution in [0, 0.1) is 12.8 Å². The summed E-state index contributed by atoms with van der Waals surface area (Å²) in [6, 6.07) is 12.5. The molecule has 15 heteroatoms. The van der Waals surface area contributed by atoms with Gasteiger partial charge in [-0.15, -0.1) is 0 Å². The fraction of sp³-hybridized carbons (Fsp3) is 0.351. The molecule has 0 aliphatic rings. The molecule has 4 rings (SSSR count). The molecule has 3 aromatic carbocycles. The number of anilines is 1. The van der Waals surface area contributed by atoms with Gasteiger partial charge in [-0.2, -0.15) is 0 Å². The van der Waals surface area contributed by atoms with E-state index in [9.17, 15) is 33.9 Å². The van der Waals surface area contributed by atoms with Crippen LogP contribution < -0.4 is 32.4 Å². The Kier molecular flexibility index (Phi) is 13.3. The minimum atomic E-state index is -1.06. The van der Waals surface area contributed by atoms with Crippen molar-refractivity contribution in [2.75, 3.05) is 18.9 Å². The lowest BCUT2D eigenvalue weighted by Crippen LogP contribution is -2.52. The van der Waals surface area contributed by atoms with E-state index in [-0.39, 0.29) is 66.4 Å². The van der Waals surface area contributed by atoms with Crippen molar-refractivity contribution in [2.24, 2.45) is 11.7 Å². The van der Waals surface area contributed by atoms with Gasteiger partial charge in [0, 0.05) is 17.8 Å². The number of likely N-dealkylation sites (N-methyl/N-ethyl adjacent to an activating group) is 1. The van der Waals surface area contributed by atoms with E-state index >= 15 is 0 Å². The summed E-state index contributed by atoms with van der Waals surface area (Å²) in [5.41, 5.74) is 7.82. The number of hydrogen-bond donors (Lipinski definition) is 6. The minimum Gasteiger partial charge on any atom is -0.481 e. The summed E-state index contributed by atoms with van der Waals surface area (Å²) in [7, 11) is 1.67. The quantitative estimate of drug-likeness (QED) is 0.0554. The second kappa shape index (κ2) is 17.8. The topological polar surface area (TPSA) is 228 Å². The Labute approximate surface area is 299 Å². The van der Waals surface area contributed by atoms with Gasteiger partial charge in [-0.25, -0.2) is 9.59 Å². The van der Waals surface area contributed by atoms with E-state index in [1.54, 1.807) is 68.6 Å². The van der Waals surface area contributed by atoms with Crippen LogP contribution in [0.2, 0.25) is 0 Å². The Bertz CT molecular complexity index is 2010. The highest BCUT2D eigenvalue weighted by atomic mass is 16.7. The molecule has 0 saturated carbocycles. The number of hydrogen-bond acceptors (Lipinski definition) is 10. The Balaban J connectivity index is 1.35. The number of benzene rings is 3. The van der Waals surface area contributed by atoms with Gasteiger partial charge in [-0.3, -0.25) is 19.2 Å². The number of aliphatic carboxylic acids is 1. The number of rotatable bonds is 16. The van der Waals surface area contributed by atoms with Gasteiger partial charge < -0.3 is 46.0 Å². The first kappa shape index (κ1) is 38.8. The lowest BCUT2D eigenvalue weighted by molar-refractivity contribution is -0.136. The van der Waals surface area contributed by atoms with Gasteiger partial charge in [-0.1, -0.05) is 44.2 Å². The highest BCUT2D eigenvalue weighted by Gasteiger charge is 2.26. The van der Waals surface area contributed by atoms with Crippen LogP contribution in [0.1, 0.15) is 48.9 Å². The van der Waals surface area contributed by atoms with Gasteiger partial charge in [-0.05, 0) is 73.7 Å². The van der Waals surface area contributed by atoms with Crippen molar-refractivity contribution in [1.29, 1.82) is 0 Å². The summed E-state index contributed by atoms with van der Waals surface area (Å²) in [5, 5.41) is 20.9. The minimum absolute atomic E-state index is 0.0211. The van der Waals surface area contributed by atoms with Crippen molar-refractivity contribution in [1.82, 2.24) is 16.0 Å². The molecule has 0 spiro atoms. The Morgan fingerprint density at radius 3 is 2.23 bits per heavy atom. The van der Waals surface area contributed by atoms with Crippen LogP contribution in [0.3, 0.4) is 0 Å². The molecule has 0 unspecified atom stereocenters. The predicted octanol–water partition coefficient (Wildman–Crippen LogP) is 3.85. The molecule has 0 saturated heterocycles. The number of fused-ring (bicyclic) bond motifs is 2. The van der Waals surface area contributed by atoms with Gasteiger partial charge in [0.25, 0.3) is 0 Å². The number of carbonyl (C=O) groups is 5. The van der Waals surface area contributed by atoms with Crippen LogP contribution in [0.5, 0.6) is 0 Å². The number of urea groups is 1. The van der Waals surface area contributed by atoms with Gasteiger partial charge in [0.2, 0.25) is 17.2 Å². The second-order valence-corrected chi connectivity index (χ2v) is 12.5. The molecule has 52 heavy (non-hydrogen) atoms. The molecule has 0 bridgehead atoms. The smallest absolute Gasteiger partial charge is 0.481 e. The van der Waals surface area contributed by atoms with E-state index < -0.39 is 36.1 Å². The number of nitrogens with one attached hydrogen (secondary N) is 4. The third kappa shape index (κ3) is 10.1. The van der Waals surface area contributed by atoms with Gasteiger partial charge >= 0.3 is 18.2 Å². The van der Waals surface area contributed by atoms with E-state index in [0.29, 0.717) is 39.7 Å². The molecule has 4 amide bonds. The maximum Gasteiger partial charge on any atom is 0.508 e. The van der Waals surface area contributed by atoms with Crippen LogP contribution in [0.25, 0.3) is 21.9 Å². The number of carboxylic acid groups (broad SMARTS) is 1. The zero-order valence-corrected chi connectivity index (χ0v) is 29.4. The maximum atomic E-state index is 13.2. The fourth-order valence-corrected chi connectivity index (χ4v) is 5.68. The number of amides is 4. The molecule has 1 heterocycles. The van der Waals surface area contributed by atoms with E-state index in [1.807, 2.05) is 13.8 Å². The zero-order valence-electron chi connectivity index (χ0n) is 29.4. The molecule has 15 nitrogen and oxygen atoms in total. The SMILES string of the molecule is CN[C@H](C(=O)N[C@@H](CCCNC(N)=O)C(=O)Nc1ccc(COC(=O)OCc2ccc3c(=O)c4cccc(CC(=O)O)c4oc3c2C)cc1)C(C)C. The monoisotopic (exact) mass is 717 g/mol. The average Bonchev–Trinajstić information content (AvgIpc) is 3.09. The van der Waals surface area contributed by atoms with Crippen LogP contribution in [0.4, 0.5) is 15.3 Å². The molecular weight excluding hydrogens is 674 g/mol. The highest BCUT2D eigenvalue weighted by molar-refractivity contribution is 5.98. The lowest BCUT2D eigenvalue weighted by atomic mass is 10.0. The molecule has 0 aliphatic carbocycles. The Morgan fingerprint density at radius 1 is 0.885 bits per heavy atom. The van der Waals surface area contributed by atoms with Gasteiger partial charge in [0.05, 0.1) is 23.2 Å². The average molecular weight is 718 g/mol. The van der Waals surface area contributed by atoms with Crippen LogP contribution in [0.15, 0.2) is 63.8 Å². The van der Waals surface area contributed by atoms with Crippen molar-refractivity contribution in [3.63, 3.8) is 0 Å². The number of carboxylic acids is 1. The molecule has 276 valence electrons. The molecule has 0 radical (unpaired) electrons. The molecule has 0 fully saturated rings. The van der Waals surface area contributed by atoms with Gasteiger partial charge in [0.1, 0.15) is 30.4 Å². The molecule has 2 atom stereocenters.